The van der Waals surface area contributed by atoms with Crippen LogP contribution in [0.4, 0.5) is 8.78 Å². The van der Waals surface area contributed by atoms with E-state index in [-0.39, 0.29) is 43.2 Å². The molecule has 4 unspecified atom stereocenters. The second-order valence-corrected chi connectivity index (χ2v) is 9.57. The average molecular weight is 511 g/mol. The molecule has 0 fully saturated rings. The predicted octanol–water partition coefficient (Wildman–Crippen LogP) is 0.703. The second-order valence-electron chi connectivity index (χ2n) is 8.18. The van der Waals surface area contributed by atoms with Crippen LogP contribution < -0.4 is 21.1 Å². The molecule has 0 saturated heterocycles. The number of halogens is 2. The summed E-state index contributed by atoms with van der Waals surface area (Å²) in [4.78, 5) is 23.9. The first-order valence-corrected chi connectivity index (χ1v) is 12.6. The Morgan fingerprint density at radius 1 is 1.14 bits per heavy atom. The highest BCUT2D eigenvalue weighted by Crippen LogP contribution is 2.11. The van der Waals surface area contributed by atoms with Gasteiger partial charge in [0.25, 0.3) is 5.91 Å². The molecule has 11 heteroatoms. The summed E-state index contributed by atoms with van der Waals surface area (Å²) in [5.41, 5.74) is 6.93. The number of amides is 2. The molecule has 0 aliphatic carbocycles. The predicted molar refractivity (Wildman–Crippen MR) is 130 cm³/mol. The average Bonchev–Trinajstić information content (AvgIpc) is 2.82. The van der Waals surface area contributed by atoms with Gasteiger partial charge in [-0.25, -0.2) is 8.78 Å². The van der Waals surface area contributed by atoms with Gasteiger partial charge in [-0.2, -0.15) is 0 Å². The van der Waals surface area contributed by atoms with Gasteiger partial charge >= 0.3 is 0 Å². The molecule has 2 amide bonds. The van der Waals surface area contributed by atoms with Crippen molar-refractivity contribution in [3.63, 3.8) is 0 Å². The number of carbonyl (C=O) groups is 2. The molecule has 2 aromatic carbocycles. The number of rotatable bonds is 14. The monoisotopic (exact) mass is 510 g/mol. The first kappa shape index (κ1) is 28.7. The number of carbonyl (C=O) groups excluding carboxylic acids is 2. The van der Waals surface area contributed by atoms with Gasteiger partial charge in [-0.3, -0.25) is 9.59 Å². The minimum atomic E-state index is -1.45. The number of nitrogens with two attached hydrogens (primary N) is 1. The van der Waals surface area contributed by atoms with E-state index in [1.165, 1.54) is 6.92 Å². The lowest BCUT2D eigenvalue weighted by Gasteiger charge is -2.23. The first-order chi connectivity index (χ1) is 16.7. The van der Waals surface area contributed by atoms with Crippen LogP contribution in [0.3, 0.4) is 0 Å². The number of aliphatic hydroxyl groups excluding tert-OH is 1. The summed E-state index contributed by atoms with van der Waals surface area (Å²) in [5, 5.41) is 15.6. The van der Waals surface area contributed by atoms with E-state index in [1.54, 1.807) is 0 Å². The molecule has 6 N–H and O–H groups in total. The highest BCUT2D eigenvalue weighted by atomic mass is 32.2. The van der Waals surface area contributed by atoms with Crippen molar-refractivity contribution < 1.29 is 28.0 Å². The zero-order valence-electron chi connectivity index (χ0n) is 19.5. The van der Waals surface area contributed by atoms with Gasteiger partial charge in [0.05, 0.1) is 12.6 Å². The van der Waals surface area contributed by atoms with Gasteiger partial charge in [-0.1, -0.05) is 30.3 Å². The molecule has 8 nitrogen and oxygen atoms in total. The largest absolute Gasteiger partial charge is 0.598 e. The lowest BCUT2D eigenvalue weighted by Crippen LogP contribution is -2.51. The molecular formula is C24H32F2N4O4S. The fourth-order valence-corrected chi connectivity index (χ4v) is 4.35. The minimum Gasteiger partial charge on any atom is -0.598 e. The molecule has 2 rings (SSSR count). The molecular weight excluding hydrogens is 478 g/mol. The summed E-state index contributed by atoms with van der Waals surface area (Å²) in [6.07, 6.45) is -0.734. The summed E-state index contributed by atoms with van der Waals surface area (Å²) in [6, 6.07) is 10.9. The molecule has 0 bridgehead atoms. The van der Waals surface area contributed by atoms with Crippen LogP contribution in [0.1, 0.15) is 24.5 Å². The lowest BCUT2D eigenvalue weighted by molar-refractivity contribution is -0.131. The van der Waals surface area contributed by atoms with Gasteiger partial charge in [0.2, 0.25) is 5.91 Å². The zero-order chi connectivity index (χ0) is 25.8. The number of nitrogens with one attached hydrogen (secondary N) is 3. The van der Waals surface area contributed by atoms with Crippen molar-refractivity contribution in [1.82, 2.24) is 15.4 Å². The summed E-state index contributed by atoms with van der Waals surface area (Å²) in [6.45, 7) is 1.61. The van der Waals surface area contributed by atoms with E-state index in [1.807, 2.05) is 30.3 Å². The fourth-order valence-electron chi connectivity index (χ4n) is 3.40. The molecule has 0 radical (unpaired) electrons. The fraction of sp³-hybridized carbons (Fsp3) is 0.417. The van der Waals surface area contributed by atoms with Crippen LogP contribution in [-0.4, -0.2) is 58.5 Å². The van der Waals surface area contributed by atoms with Crippen LogP contribution in [0.25, 0.3) is 0 Å². The number of hydrogen-bond donors (Lipinski definition) is 5. The Hall–Kier alpha value is -2.57. The Balaban J connectivity index is 1.70. The van der Waals surface area contributed by atoms with Crippen LogP contribution in [0.2, 0.25) is 0 Å². The Morgan fingerprint density at radius 3 is 2.54 bits per heavy atom. The third kappa shape index (κ3) is 10.7. The van der Waals surface area contributed by atoms with Crippen molar-refractivity contribution in [3.05, 3.63) is 71.3 Å². The smallest absolute Gasteiger partial charge is 0.251 e. The first-order valence-electron chi connectivity index (χ1n) is 11.2. The van der Waals surface area contributed by atoms with Gasteiger partial charge in [0, 0.05) is 37.3 Å². The van der Waals surface area contributed by atoms with Crippen molar-refractivity contribution in [2.75, 3.05) is 18.8 Å². The SMILES string of the molecule is CC(=O)NC(Cc1ccccc1)C(O)C(=O)NCCC[S+]([O-])NCC(N)Cc1cc(F)ccc1F. The molecule has 0 aromatic heterocycles. The summed E-state index contributed by atoms with van der Waals surface area (Å²) < 4.78 is 41.8. The summed E-state index contributed by atoms with van der Waals surface area (Å²) in [5.74, 6) is -1.90. The van der Waals surface area contributed by atoms with E-state index in [9.17, 15) is 28.0 Å². The third-order valence-electron chi connectivity index (χ3n) is 5.14. The van der Waals surface area contributed by atoms with E-state index >= 15 is 0 Å². The highest BCUT2D eigenvalue weighted by Gasteiger charge is 2.27. The van der Waals surface area contributed by atoms with Gasteiger partial charge in [-0.05, 0) is 42.2 Å². The molecule has 4 atom stereocenters. The van der Waals surface area contributed by atoms with Crippen molar-refractivity contribution in [1.29, 1.82) is 0 Å². The lowest BCUT2D eigenvalue weighted by atomic mass is 10.0. The maximum Gasteiger partial charge on any atom is 0.251 e. The maximum absolute atomic E-state index is 13.7. The molecule has 0 aliphatic rings. The number of aliphatic hydroxyl groups is 1. The van der Waals surface area contributed by atoms with Gasteiger partial charge < -0.3 is 26.0 Å². The Labute approximate surface area is 207 Å². The molecule has 0 aliphatic heterocycles. The van der Waals surface area contributed by atoms with Crippen LogP contribution in [0.15, 0.2) is 48.5 Å². The quantitative estimate of drug-likeness (QED) is 0.187. The number of hydrogen-bond acceptors (Lipinski definition) is 6. The van der Waals surface area contributed by atoms with Gasteiger partial charge in [0.1, 0.15) is 17.4 Å². The van der Waals surface area contributed by atoms with E-state index in [0.29, 0.717) is 6.42 Å². The Morgan fingerprint density at radius 2 is 1.86 bits per heavy atom. The highest BCUT2D eigenvalue weighted by molar-refractivity contribution is 7.89. The van der Waals surface area contributed by atoms with Crippen molar-refractivity contribution in [2.24, 2.45) is 5.73 Å². The van der Waals surface area contributed by atoms with Crippen LogP contribution >= 0.6 is 0 Å². The molecule has 35 heavy (non-hydrogen) atoms. The van der Waals surface area contributed by atoms with Gasteiger partial charge in [-0.15, -0.1) is 4.72 Å². The second kappa shape index (κ2) is 14.7. The molecule has 0 spiro atoms. The molecule has 192 valence electrons. The molecule has 2 aromatic rings. The van der Waals surface area contributed by atoms with Gasteiger partial charge in [0.15, 0.2) is 6.10 Å². The standard InChI is InChI=1S/C24H32F2N4O4S/c1-16(31)30-22(12-17-6-3-2-4-7-17)23(32)24(33)28-10-5-11-35(34)29-15-20(27)14-18-13-19(25)8-9-21(18)26/h2-4,6-9,13,20,22-23,29,32H,5,10-12,14-15,27H2,1H3,(H,28,33)(H,30,31). The van der Waals surface area contributed by atoms with E-state index in [0.717, 1.165) is 23.8 Å². The maximum atomic E-state index is 13.7. The zero-order valence-corrected chi connectivity index (χ0v) is 20.3. The third-order valence-corrected chi connectivity index (χ3v) is 6.29. The van der Waals surface area contributed by atoms with E-state index < -0.39 is 47.1 Å². The van der Waals surface area contributed by atoms with Crippen LogP contribution in [0.5, 0.6) is 0 Å². The summed E-state index contributed by atoms with van der Waals surface area (Å²) >= 11 is -1.45. The molecule has 0 heterocycles. The van der Waals surface area contributed by atoms with E-state index in [4.69, 9.17) is 5.73 Å². The summed E-state index contributed by atoms with van der Waals surface area (Å²) in [7, 11) is 0. The number of benzene rings is 2. The molecule has 0 saturated carbocycles. The van der Waals surface area contributed by atoms with Crippen LogP contribution in [0, 0.1) is 11.6 Å². The van der Waals surface area contributed by atoms with E-state index in [2.05, 4.69) is 15.4 Å². The minimum absolute atomic E-state index is 0.0835. The topological polar surface area (TPSA) is 140 Å². The van der Waals surface area contributed by atoms with Crippen molar-refractivity contribution >= 4 is 23.2 Å². The Kier molecular flexibility index (Phi) is 12.1. The van der Waals surface area contributed by atoms with Crippen molar-refractivity contribution in [3.8, 4) is 0 Å². The normalized spacial score (nSPS) is 14.6. The Bertz CT molecular complexity index is 954. The van der Waals surface area contributed by atoms with Crippen LogP contribution in [-0.2, 0) is 33.8 Å². The van der Waals surface area contributed by atoms with Crippen molar-refractivity contribution in [2.45, 2.75) is 44.4 Å².